The third-order valence-electron chi connectivity index (χ3n) is 4.93. The van der Waals surface area contributed by atoms with Gasteiger partial charge in [-0.05, 0) is 72.8 Å². The van der Waals surface area contributed by atoms with Crippen LogP contribution >= 0.6 is 0 Å². The predicted octanol–water partition coefficient (Wildman–Crippen LogP) is 4.36. The number of nitrogens with one attached hydrogen (secondary N) is 1. The molecule has 0 fully saturated rings. The number of rotatable bonds is 9. The van der Waals surface area contributed by atoms with Gasteiger partial charge in [0.15, 0.2) is 5.82 Å². The summed E-state index contributed by atoms with van der Waals surface area (Å²) in [7, 11) is 3.20. The number of hydrogen-bond acceptors (Lipinski definition) is 6. The highest BCUT2D eigenvalue weighted by atomic mass is 19.1. The van der Waals surface area contributed by atoms with E-state index in [1.54, 1.807) is 43.2 Å². The van der Waals surface area contributed by atoms with E-state index in [9.17, 15) is 9.18 Å². The van der Waals surface area contributed by atoms with Crippen LogP contribution in [0.15, 0.2) is 72.8 Å². The van der Waals surface area contributed by atoms with Crippen LogP contribution in [0.4, 0.5) is 10.1 Å². The van der Waals surface area contributed by atoms with Crippen LogP contribution in [0, 0.1) is 5.82 Å². The fourth-order valence-corrected chi connectivity index (χ4v) is 3.17. The molecule has 34 heavy (non-hydrogen) atoms. The third kappa shape index (κ3) is 5.38. The Morgan fingerprint density at radius 1 is 0.941 bits per heavy atom. The van der Waals surface area contributed by atoms with Crippen molar-refractivity contribution >= 4 is 11.6 Å². The molecule has 0 aliphatic heterocycles. The number of nitrogens with zero attached hydrogens (tertiary/aromatic N) is 3. The lowest BCUT2D eigenvalue weighted by molar-refractivity contribution is 0.102. The summed E-state index contributed by atoms with van der Waals surface area (Å²) in [4.78, 5) is 16.9. The van der Waals surface area contributed by atoms with Gasteiger partial charge in [0.1, 0.15) is 18.2 Å². The molecule has 8 nitrogen and oxygen atoms in total. The van der Waals surface area contributed by atoms with Crippen LogP contribution in [0.1, 0.15) is 10.4 Å². The average molecular weight is 462 g/mol. The second-order valence-corrected chi connectivity index (χ2v) is 7.21. The summed E-state index contributed by atoms with van der Waals surface area (Å²) in [6.45, 7) is 0.728. The summed E-state index contributed by atoms with van der Waals surface area (Å²) in [5.41, 5.74) is 2.49. The van der Waals surface area contributed by atoms with Crippen molar-refractivity contribution in [2.75, 3.05) is 32.8 Å². The van der Waals surface area contributed by atoms with Gasteiger partial charge in [-0.2, -0.15) is 4.98 Å². The molecule has 4 rings (SSSR count). The second kappa shape index (κ2) is 10.6. The molecule has 0 bridgehead atoms. The molecule has 1 heterocycles. The first-order valence-corrected chi connectivity index (χ1v) is 10.5. The van der Waals surface area contributed by atoms with Crippen LogP contribution in [0.3, 0.4) is 0 Å². The van der Waals surface area contributed by atoms with Crippen molar-refractivity contribution in [3.63, 3.8) is 0 Å². The molecule has 0 spiro atoms. The smallest absolute Gasteiger partial charge is 0.336 e. The number of aromatic nitrogens is 3. The molecule has 1 aromatic heterocycles. The standard InChI is InChI=1S/C25H23FN4O4/c1-32-15-16-34-25-28-23(17-5-13-22(33-2)14-6-17)30(29-25)21-11-9-20(10-12-21)27-24(31)18-3-7-19(26)8-4-18/h3-14H,15-16H2,1-2H3,(H,27,31). The first-order valence-electron chi connectivity index (χ1n) is 10.5. The maximum atomic E-state index is 13.1. The number of carbonyl (C=O) groups is 1. The minimum absolute atomic E-state index is 0.219. The molecule has 0 radical (unpaired) electrons. The second-order valence-electron chi connectivity index (χ2n) is 7.21. The van der Waals surface area contributed by atoms with Gasteiger partial charge in [-0.25, -0.2) is 9.07 Å². The fourth-order valence-electron chi connectivity index (χ4n) is 3.17. The minimum atomic E-state index is -0.396. The van der Waals surface area contributed by atoms with E-state index in [2.05, 4.69) is 15.4 Å². The van der Waals surface area contributed by atoms with E-state index in [0.29, 0.717) is 30.3 Å². The molecule has 0 unspecified atom stereocenters. The summed E-state index contributed by atoms with van der Waals surface area (Å²) in [6.07, 6.45) is 0. The Kier molecular flexibility index (Phi) is 7.14. The van der Waals surface area contributed by atoms with E-state index in [4.69, 9.17) is 14.2 Å². The molecule has 0 atom stereocenters. The normalized spacial score (nSPS) is 10.7. The lowest BCUT2D eigenvalue weighted by Gasteiger charge is -2.09. The highest BCUT2D eigenvalue weighted by Crippen LogP contribution is 2.26. The Balaban J connectivity index is 1.58. The molecule has 1 amide bonds. The number of methoxy groups -OCH3 is 2. The molecule has 1 N–H and O–H groups in total. The molecule has 0 saturated carbocycles. The lowest BCUT2D eigenvalue weighted by atomic mass is 10.2. The van der Waals surface area contributed by atoms with Crippen LogP contribution < -0.4 is 14.8 Å². The van der Waals surface area contributed by atoms with Gasteiger partial charge in [0, 0.05) is 23.9 Å². The molecule has 0 aliphatic rings. The maximum Gasteiger partial charge on any atom is 0.336 e. The highest BCUT2D eigenvalue weighted by Gasteiger charge is 2.15. The Hall–Kier alpha value is -4.24. The lowest BCUT2D eigenvalue weighted by Crippen LogP contribution is -2.12. The van der Waals surface area contributed by atoms with Crippen LogP contribution in [0.25, 0.3) is 17.1 Å². The highest BCUT2D eigenvalue weighted by molar-refractivity contribution is 6.04. The largest absolute Gasteiger partial charge is 0.497 e. The van der Waals surface area contributed by atoms with E-state index < -0.39 is 5.82 Å². The molecule has 3 aromatic carbocycles. The Morgan fingerprint density at radius 3 is 2.29 bits per heavy atom. The van der Waals surface area contributed by atoms with Crippen molar-refractivity contribution in [3.8, 4) is 28.8 Å². The molecule has 0 saturated heterocycles. The van der Waals surface area contributed by atoms with Crippen LogP contribution in [0.5, 0.6) is 11.8 Å². The number of benzene rings is 3. The predicted molar refractivity (Wildman–Crippen MR) is 125 cm³/mol. The monoisotopic (exact) mass is 462 g/mol. The molecule has 0 aliphatic carbocycles. The van der Waals surface area contributed by atoms with E-state index >= 15 is 0 Å². The number of ether oxygens (including phenoxy) is 3. The molecule has 4 aromatic rings. The van der Waals surface area contributed by atoms with Gasteiger partial charge in [0.25, 0.3) is 5.91 Å². The van der Waals surface area contributed by atoms with Crippen molar-refractivity contribution < 1.29 is 23.4 Å². The van der Waals surface area contributed by atoms with Crippen molar-refractivity contribution in [3.05, 3.63) is 84.2 Å². The average Bonchev–Trinajstić information content (AvgIpc) is 3.29. The molecule has 9 heteroatoms. The van der Waals surface area contributed by atoms with Gasteiger partial charge in [-0.1, -0.05) is 0 Å². The summed E-state index contributed by atoms with van der Waals surface area (Å²) in [5, 5.41) is 7.29. The zero-order valence-electron chi connectivity index (χ0n) is 18.7. The van der Waals surface area contributed by atoms with E-state index in [-0.39, 0.29) is 11.9 Å². The fraction of sp³-hybridized carbons (Fsp3) is 0.160. The van der Waals surface area contributed by atoms with Gasteiger partial charge in [0.2, 0.25) is 0 Å². The van der Waals surface area contributed by atoms with Crippen LogP contribution in [0.2, 0.25) is 0 Å². The Labute approximate surface area is 195 Å². The maximum absolute atomic E-state index is 13.1. The van der Waals surface area contributed by atoms with Gasteiger partial charge < -0.3 is 19.5 Å². The van der Waals surface area contributed by atoms with Gasteiger partial charge in [-0.15, -0.1) is 5.10 Å². The SMILES string of the molecule is COCCOc1nc(-c2ccc(OC)cc2)n(-c2ccc(NC(=O)c3ccc(F)cc3)cc2)n1. The third-order valence-corrected chi connectivity index (χ3v) is 4.93. The van der Waals surface area contributed by atoms with Gasteiger partial charge in [-0.3, -0.25) is 4.79 Å². The first kappa shape index (κ1) is 22.9. The van der Waals surface area contributed by atoms with Crippen LogP contribution in [-0.2, 0) is 4.74 Å². The molecule has 174 valence electrons. The van der Waals surface area contributed by atoms with Crippen molar-refractivity contribution in [2.24, 2.45) is 0 Å². The molecular formula is C25H23FN4O4. The topological polar surface area (TPSA) is 87.5 Å². The van der Waals surface area contributed by atoms with Crippen LogP contribution in [-0.4, -0.2) is 48.1 Å². The summed E-state index contributed by atoms with van der Waals surface area (Å²) >= 11 is 0. The zero-order chi connectivity index (χ0) is 23.9. The number of hydrogen-bond donors (Lipinski definition) is 1. The summed E-state index contributed by atoms with van der Waals surface area (Å²) in [5.74, 6) is 0.582. The number of halogens is 1. The number of carbonyl (C=O) groups excluding carboxylic acids is 1. The van der Waals surface area contributed by atoms with Gasteiger partial charge in [0.05, 0.1) is 19.4 Å². The van der Waals surface area contributed by atoms with Crippen molar-refractivity contribution in [1.29, 1.82) is 0 Å². The summed E-state index contributed by atoms with van der Waals surface area (Å²) < 4.78 is 30.6. The van der Waals surface area contributed by atoms with Gasteiger partial charge >= 0.3 is 6.01 Å². The molecular weight excluding hydrogens is 439 g/mol. The first-order chi connectivity index (χ1) is 16.6. The zero-order valence-corrected chi connectivity index (χ0v) is 18.7. The van der Waals surface area contributed by atoms with E-state index in [1.807, 2.05) is 24.3 Å². The number of amides is 1. The van der Waals surface area contributed by atoms with E-state index in [1.165, 1.54) is 24.3 Å². The Bertz CT molecular complexity index is 1240. The van der Waals surface area contributed by atoms with Crippen molar-refractivity contribution in [1.82, 2.24) is 14.8 Å². The minimum Gasteiger partial charge on any atom is -0.497 e. The van der Waals surface area contributed by atoms with Crippen molar-refractivity contribution in [2.45, 2.75) is 0 Å². The Morgan fingerprint density at radius 2 is 1.65 bits per heavy atom. The quantitative estimate of drug-likeness (QED) is 0.372. The van der Waals surface area contributed by atoms with E-state index in [0.717, 1.165) is 17.0 Å². The number of anilines is 1. The summed E-state index contributed by atoms with van der Waals surface area (Å²) in [6, 6.07) is 20.1.